The molecule has 0 fully saturated rings. The van der Waals surface area contributed by atoms with Gasteiger partial charge in [0, 0.05) is 24.8 Å². The van der Waals surface area contributed by atoms with Gasteiger partial charge in [0.25, 0.3) is 0 Å². The molecule has 0 aliphatic carbocycles. The molecule has 0 amide bonds. The molecule has 2 rings (SSSR count). The number of nitrogens with zero attached hydrogens (tertiary/aromatic N) is 2. The van der Waals surface area contributed by atoms with Crippen molar-refractivity contribution in [2.24, 2.45) is 0 Å². The molecule has 0 saturated carbocycles. The van der Waals surface area contributed by atoms with Crippen LogP contribution in [0.25, 0.3) is 11.0 Å². The summed E-state index contributed by atoms with van der Waals surface area (Å²) in [6, 6.07) is 5.87. The van der Waals surface area contributed by atoms with Gasteiger partial charge < -0.3 is 15.0 Å². The Hall–Kier alpha value is -1.55. The molecule has 18 heavy (non-hydrogen) atoms. The van der Waals surface area contributed by atoms with Crippen LogP contribution >= 0.6 is 0 Å². The smallest absolute Gasteiger partial charge is 0.115 e. The van der Waals surface area contributed by atoms with Crippen LogP contribution in [0.1, 0.15) is 26.6 Å². The highest BCUT2D eigenvalue weighted by molar-refractivity contribution is 5.79. The highest BCUT2D eigenvalue weighted by atomic mass is 16.5. The van der Waals surface area contributed by atoms with Crippen LogP contribution < -0.4 is 5.73 Å². The zero-order chi connectivity index (χ0) is 13.3. The van der Waals surface area contributed by atoms with Gasteiger partial charge in [-0.2, -0.15) is 0 Å². The van der Waals surface area contributed by atoms with E-state index in [4.69, 9.17) is 15.5 Å². The normalized spacial score (nSPS) is 12.2. The first-order valence-electron chi connectivity index (χ1n) is 6.18. The summed E-state index contributed by atoms with van der Waals surface area (Å²) in [7, 11) is 1.72. The van der Waals surface area contributed by atoms with E-state index in [1.807, 2.05) is 18.2 Å². The molecule has 1 aromatic heterocycles. The molecule has 2 N–H and O–H groups in total. The van der Waals surface area contributed by atoms with Crippen LogP contribution in [0.4, 0.5) is 5.69 Å². The van der Waals surface area contributed by atoms with Crippen LogP contribution in [0.3, 0.4) is 0 Å². The third-order valence-electron chi connectivity index (χ3n) is 2.96. The number of ether oxygens (including phenoxy) is 1. The Morgan fingerprint density at radius 1 is 1.33 bits per heavy atom. The molecule has 0 aliphatic heterocycles. The summed E-state index contributed by atoms with van der Waals surface area (Å²) >= 11 is 0. The van der Waals surface area contributed by atoms with E-state index in [0.717, 1.165) is 29.1 Å². The Balaban J connectivity index is 2.60. The molecule has 1 aromatic carbocycles. The van der Waals surface area contributed by atoms with E-state index in [1.54, 1.807) is 7.11 Å². The number of anilines is 1. The second kappa shape index (κ2) is 4.61. The fourth-order valence-electron chi connectivity index (χ4n) is 2.13. The fraction of sp³-hybridized carbons (Fsp3) is 0.500. The summed E-state index contributed by atoms with van der Waals surface area (Å²) in [6.07, 6.45) is 0. The molecule has 0 radical (unpaired) electrons. The Morgan fingerprint density at radius 2 is 2.06 bits per heavy atom. The summed E-state index contributed by atoms with van der Waals surface area (Å²) in [6.45, 7) is 7.99. The monoisotopic (exact) mass is 247 g/mol. The predicted molar refractivity (Wildman–Crippen MR) is 74.7 cm³/mol. The maximum atomic E-state index is 5.82. The van der Waals surface area contributed by atoms with E-state index in [-0.39, 0.29) is 5.41 Å². The lowest BCUT2D eigenvalue weighted by Gasteiger charge is -2.20. The van der Waals surface area contributed by atoms with Crippen LogP contribution in [0.15, 0.2) is 18.2 Å². The fourth-order valence-corrected chi connectivity index (χ4v) is 2.13. The van der Waals surface area contributed by atoms with Crippen molar-refractivity contribution in [1.82, 2.24) is 9.55 Å². The van der Waals surface area contributed by atoms with E-state index < -0.39 is 0 Å². The van der Waals surface area contributed by atoms with Crippen molar-refractivity contribution in [3.63, 3.8) is 0 Å². The maximum Gasteiger partial charge on any atom is 0.115 e. The Morgan fingerprint density at radius 3 is 2.67 bits per heavy atom. The van der Waals surface area contributed by atoms with E-state index in [1.165, 1.54) is 0 Å². The van der Waals surface area contributed by atoms with Crippen molar-refractivity contribution in [2.75, 3.05) is 19.5 Å². The minimum atomic E-state index is 0.00151. The molecule has 0 saturated heterocycles. The van der Waals surface area contributed by atoms with Gasteiger partial charge >= 0.3 is 0 Å². The number of benzene rings is 1. The molecule has 0 bridgehead atoms. The largest absolute Gasteiger partial charge is 0.399 e. The first-order chi connectivity index (χ1) is 8.43. The van der Waals surface area contributed by atoms with Gasteiger partial charge in [0.15, 0.2) is 0 Å². The summed E-state index contributed by atoms with van der Waals surface area (Å²) in [5.74, 6) is 1.07. The quantitative estimate of drug-likeness (QED) is 0.848. The number of fused-ring (bicyclic) bond motifs is 1. The van der Waals surface area contributed by atoms with Crippen molar-refractivity contribution in [3.8, 4) is 0 Å². The summed E-state index contributed by atoms with van der Waals surface area (Å²) in [5.41, 5.74) is 8.64. The number of imidazole rings is 1. The topological polar surface area (TPSA) is 53.1 Å². The SMILES string of the molecule is COCCn1c(C(C)(C)C)nc2cc(N)ccc21. The van der Waals surface area contributed by atoms with Gasteiger partial charge in [-0.1, -0.05) is 20.8 Å². The Bertz CT molecular complexity index is 552. The maximum absolute atomic E-state index is 5.82. The van der Waals surface area contributed by atoms with E-state index >= 15 is 0 Å². The van der Waals surface area contributed by atoms with Crippen LogP contribution in [0.5, 0.6) is 0 Å². The highest BCUT2D eigenvalue weighted by Gasteiger charge is 2.22. The minimum absolute atomic E-state index is 0.00151. The van der Waals surface area contributed by atoms with Crippen molar-refractivity contribution in [3.05, 3.63) is 24.0 Å². The van der Waals surface area contributed by atoms with E-state index in [2.05, 4.69) is 25.3 Å². The summed E-state index contributed by atoms with van der Waals surface area (Å²) in [5, 5.41) is 0. The number of nitrogen functional groups attached to an aromatic ring is 1. The van der Waals surface area contributed by atoms with Gasteiger partial charge in [-0.05, 0) is 18.2 Å². The molecule has 0 unspecified atom stereocenters. The Labute approximate surface area is 108 Å². The van der Waals surface area contributed by atoms with Gasteiger partial charge in [-0.3, -0.25) is 0 Å². The molecule has 0 aliphatic rings. The molecule has 4 heteroatoms. The zero-order valence-corrected chi connectivity index (χ0v) is 11.5. The van der Waals surface area contributed by atoms with Gasteiger partial charge in [-0.15, -0.1) is 0 Å². The second-order valence-corrected chi connectivity index (χ2v) is 5.58. The Kier molecular flexibility index (Phi) is 3.30. The predicted octanol–water partition coefficient (Wildman–Crippen LogP) is 2.56. The number of aromatic nitrogens is 2. The van der Waals surface area contributed by atoms with Crippen LogP contribution in [0, 0.1) is 0 Å². The number of rotatable bonds is 3. The van der Waals surface area contributed by atoms with Crippen molar-refractivity contribution in [1.29, 1.82) is 0 Å². The standard InChI is InChI=1S/C14H21N3O/c1-14(2,3)13-16-11-9-10(15)5-6-12(11)17(13)7-8-18-4/h5-6,9H,7-8,15H2,1-4H3. The first-order valence-corrected chi connectivity index (χ1v) is 6.18. The number of hydrogen-bond acceptors (Lipinski definition) is 3. The van der Waals surface area contributed by atoms with Crippen molar-refractivity contribution in [2.45, 2.75) is 32.7 Å². The number of methoxy groups -OCH3 is 1. The molecule has 4 nitrogen and oxygen atoms in total. The first kappa shape index (κ1) is 12.9. The molecule has 0 spiro atoms. The van der Waals surface area contributed by atoms with Gasteiger partial charge in [0.05, 0.1) is 17.6 Å². The third-order valence-corrected chi connectivity index (χ3v) is 2.96. The third kappa shape index (κ3) is 2.34. The number of nitrogens with two attached hydrogens (primary N) is 1. The molecule has 0 atom stereocenters. The van der Waals surface area contributed by atoms with Crippen LogP contribution in [0.2, 0.25) is 0 Å². The lowest BCUT2D eigenvalue weighted by atomic mass is 9.95. The highest BCUT2D eigenvalue weighted by Crippen LogP contribution is 2.27. The second-order valence-electron chi connectivity index (χ2n) is 5.58. The average molecular weight is 247 g/mol. The molecular formula is C14H21N3O. The lowest BCUT2D eigenvalue weighted by molar-refractivity contribution is 0.186. The van der Waals surface area contributed by atoms with Crippen molar-refractivity contribution >= 4 is 16.7 Å². The molecule has 2 aromatic rings. The summed E-state index contributed by atoms with van der Waals surface area (Å²) < 4.78 is 7.40. The minimum Gasteiger partial charge on any atom is -0.399 e. The zero-order valence-electron chi connectivity index (χ0n) is 11.5. The molecule has 98 valence electrons. The van der Waals surface area contributed by atoms with Crippen LogP contribution in [-0.2, 0) is 16.7 Å². The van der Waals surface area contributed by atoms with Crippen LogP contribution in [-0.4, -0.2) is 23.3 Å². The van der Waals surface area contributed by atoms with E-state index in [0.29, 0.717) is 6.61 Å². The molecular weight excluding hydrogens is 226 g/mol. The van der Waals surface area contributed by atoms with Gasteiger partial charge in [0.2, 0.25) is 0 Å². The average Bonchev–Trinajstić information content (AvgIpc) is 2.63. The van der Waals surface area contributed by atoms with E-state index in [9.17, 15) is 0 Å². The van der Waals surface area contributed by atoms with Gasteiger partial charge in [-0.25, -0.2) is 4.98 Å². The van der Waals surface area contributed by atoms with Crippen molar-refractivity contribution < 1.29 is 4.74 Å². The molecule has 1 heterocycles. The summed E-state index contributed by atoms with van der Waals surface area (Å²) in [4.78, 5) is 4.73. The van der Waals surface area contributed by atoms with Gasteiger partial charge in [0.1, 0.15) is 5.82 Å². The lowest BCUT2D eigenvalue weighted by Crippen LogP contribution is -2.20. The number of hydrogen-bond donors (Lipinski definition) is 1.